The lowest BCUT2D eigenvalue weighted by Crippen LogP contribution is -2.07. The molecule has 0 aromatic carbocycles. The molecule has 0 rings (SSSR count). The predicted molar refractivity (Wildman–Crippen MR) is 65.6 cm³/mol. The van der Waals surface area contributed by atoms with Crippen LogP contribution >= 0.6 is 0 Å². The molecule has 18 heavy (non-hydrogen) atoms. The zero-order valence-corrected chi connectivity index (χ0v) is 10.5. The summed E-state index contributed by atoms with van der Waals surface area (Å²) in [5.74, 6) is 0. The Bertz CT molecular complexity index is 365. The highest BCUT2D eigenvalue weighted by Gasteiger charge is 2.08. The normalized spacial score (nSPS) is 12.5. The van der Waals surface area contributed by atoms with Crippen molar-refractivity contribution in [3.63, 3.8) is 0 Å². The minimum atomic E-state index is -0.100. The topological polar surface area (TPSA) is 88.3 Å². The first-order chi connectivity index (χ1) is 8.74. The lowest BCUT2D eigenvalue weighted by molar-refractivity contribution is 0.491. The van der Waals surface area contributed by atoms with Gasteiger partial charge in [-0.3, -0.25) is 0 Å². The van der Waals surface area contributed by atoms with Crippen LogP contribution in [0.5, 0.6) is 0 Å². The molecule has 0 N–H and O–H groups in total. The van der Waals surface area contributed by atoms with Crippen molar-refractivity contribution in [2.45, 2.75) is 51.1 Å². The molecule has 0 fully saturated rings. The van der Waals surface area contributed by atoms with Gasteiger partial charge in [0.05, 0.1) is 18.6 Å². The molecule has 0 aromatic rings. The summed E-state index contributed by atoms with van der Waals surface area (Å²) in [5, 5.41) is 0. The molecule has 6 heteroatoms. The monoisotopic (exact) mass is 251 g/mol. The molecule has 0 aliphatic carbocycles. The summed E-state index contributed by atoms with van der Waals surface area (Å²) in [6.07, 6.45) is 8.22. The summed E-state index contributed by atoms with van der Waals surface area (Å²) < 4.78 is 0. The first-order valence-electron chi connectivity index (χ1n) is 5.92. The summed E-state index contributed by atoms with van der Waals surface area (Å²) in [6.45, 7) is 2.24. The number of carbonyl (C=O) groups excluding carboxylic acids is 3. The molecule has 0 aromatic heterocycles. The van der Waals surface area contributed by atoms with E-state index in [-0.39, 0.29) is 12.1 Å². The van der Waals surface area contributed by atoms with Gasteiger partial charge < -0.3 is 0 Å². The van der Waals surface area contributed by atoms with E-state index in [1.54, 1.807) is 6.08 Å². The maximum atomic E-state index is 10.3. The van der Waals surface area contributed by atoms with Crippen LogP contribution < -0.4 is 0 Å². The number of nitrogens with zero attached hydrogens (tertiary/aromatic N) is 3. The molecule has 0 heterocycles. The smallest absolute Gasteiger partial charge is 0.211 e. The largest absolute Gasteiger partial charge is 0.235 e. The lowest BCUT2D eigenvalue weighted by Gasteiger charge is -2.10. The molecule has 0 radical (unpaired) electrons. The van der Waals surface area contributed by atoms with E-state index in [0.29, 0.717) is 19.4 Å². The molecule has 0 saturated heterocycles. The molecule has 0 spiro atoms. The van der Waals surface area contributed by atoms with Gasteiger partial charge in [0.1, 0.15) is 0 Å². The van der Waals surface area contributed by atoms with Crippen LogP contribution in [0.1, 0.15) is 39.0 Å². The van der Waals surface area contributed by atoms with Crippen LogP contribution in [-0.2, 0) is 14.4 Å². The Morgan fingerprint density at radius 1 is 0.889 bits per heavy atom. The van der Waals surface area contributed by atoms with Gasteiger partial charge in [-0.05, 0) is 39.0 Å². The second-order valence-electron chi connectivity index (χ2n) is 3.99. The van der Waals surface area contributed by atoms with E-state index >= 15 is 0 Å². The molecule has 0 aliphatic heterocycles. The molecule has 0 amide bonds. The van der Waals surface area contributed by atoms with Gasteiger partial charge in [0.15, 0.2) is 0 Å². The zero-order valence-electron chi connectivity index (χ0n) is 10.5. The van der Waals surface area contributed by atoms with Crippen LogP contribution in [-0.4, -0.2) is 36.9 Å². The third kappa shape index (κ3) is 9.37. The Balaban J connectivity index is 3.92. The van der Waals surface area contributed by atoms with Crippen LogP contribution in [0.15, 0.2) is 15.0 Å². The van der Waals surface area contributed by atoms with E-state index in [1.165, 1.54) is 12.2 Å². The summed E-state index contributed by atoms with van der Waals surface area (Å²) in [4.78, 5) is 40.9. The third-order valence-electron chi connectivity index (χ3n) is 2.54. The first-order valence-corrected chi connectivity index (χ1v) is 5.92. The number of hydrogen-bond donors (Lipinski definition) is 0. The summed E-state index contributed by atoms with van der Waals surface area (Å²) >= 11 is 0. The molecule has 0 aliphatic rings. The standard InChI is InChI=1S/C12H17N3O3/c1-11(14-9-17)4-2-5-12(15-10-18)6-3-7-13-8-16/h11-12H,2-7H2,1H3. The van der Waals surface area contributed by atoms with Gasteiger partial charge >= 0.3 is 0 Å². The fourth-order valence-electron chi connectivity index (χ4n) is 1.60. The highest BCUT2D eigenvalue weighted by atomic mass is 16.1. The number of rotatable bonds is 10. The van der Waals surface area contributed by atoms with E-state index in [4.69, 9.17) is 0 Å². The maximum absolute atomic E-state index is 10.3. The average Bonchev–Trinajstić information content (AvgIpc) is 2.35. The van der Waals surface area contributed by atoms with Crippen molar-refractivity contribution in [3.05, 3.63) is 0 Å². The van der Waals surface area contributed by atoms with Crippen LogP contribution in [0.3, 0.4) is 0 Å². The number of hydrogen-bond acceptors (Lipinski definition) is 6. The van der Waals surface area contributed by atoms with Crippen molar-refractivity contribution in [3.8, 4) is 0 Å². The van der Waals surface area contributed by atoms with Gasteiger partial charge in [0.2, 0.25) is 18.2 Å². The quantitative estimate of drug-likeness (QED) is 0.336. The van der Waals surface area contributed by atoms with Crippen LogP contribution in [0.25, 0.3) is 0 Å². The van der Waals surface area contributed by atoms with E-state index < -0.39 is 0 Å². The Morgan fingerprint density at radius 2 is 1.56 bits per heavy atom. The molecule has 0 bridgehead atoms. The van der Waals surface area contributed by atoms with E-state index in [0.717, 1.165) is 19.3 Å². The third-order valence-corrected chi connectivity index (χ3v) is 2.54. The van der Waals surface area contributed by atoms with Crippen molar-refractivity contribution >= 4 is 18.2 Å². The van der Waals surface area contributed by atoms with E-state index in [1.807, 2.05) is 6.92 Å². The Hall–Kier alpha value is -1.86. The molecule has 6 nitrogen and oxygen atoms in total. The maximum Gasteiger partial charge on any atom is 0.235 e. The van der Waals surface area contributed by atoms with Crippen molar-refractivity contribution in [2.75, 3.05) is 6.54 Å². The molecule has 98 valence electrons. The van der Waals surface area contributed by atoms with Gasteiger partial charge in [-0.1, -0.05) is 0 Å². The number of isocyanates is 3. The van der Waals surface area contributed by atoms with Crippen molar-refractivity contribution in [2.24, 2.45) is 15.0 Å². The van der Waals surface area contributed by atoms with Crippen LogP contribution in [0, 0.1) is 0 Å². The highest BCUT2D eigenvalue weighted by molar-refractivity contribution is 5.34. The molecule has 2 atom stereocenters. The first kappa shape index (κ1) is 16.1. The minimum absolute atomic E-state index is 0.0528. The van der Waals surface area contributed by atoms with E-state index in [2.05, 4.69) is 15.0 Å². The summed E-state index contributed by atoms with van der Waals surface area (Å²) in [7, 11) is 0. The molecular formula is C12H17N3O3. The van der Waals surface area contributed by atoms with Gasteiger partial charge in [0.25, 0.3) is 0 Å². The fourth-order valence-corrected chi connectivity index (χ4v) is 1.60. The summed E-state index contributed by atoms with van der Waals surface area (Å²) in [5.41, 5.74) is 0. The molecular weight excluding hydrogens is 234 g/mol. The van der Waals surface area contributed by atoms with Gasteiger partial charge in [-0.15, -0.1) is 0 Å². The van der Waals surface area contributed by atoms with Gasteiger partial charge in [0, 0.05) is 0 Å². The predicted octanol–water partition coefficient (Wildman–Crippen LogP) is 1.70. The number of aliphatic imine (C=N–C) groups is 3. The average molecular weight is 251 g/mol. The van der Waals surface area contributed by atoms with Crippen molar-refractivity contribution < 1.29 is 14.4 Å². The Labute approximate surface area is 106 Å². The highest BCUT2D eigenvalue weighted by Crippen LogP contribution is 2.12. The van der Waals surface area contributed by atoms with Gasteiger partial charge in [-0.2, -0.15) is 0 Å². The molecule has 2 unspecified atom stereocenters. The minimum Gasteiger partial charge on any atom is -0.211 e. The van der Waals surface area contributed by atoms with Crippen LogP contribution in [0.2, 0.25) is 0 Å². The second kappa shape index (κ2) is 11.6. The van der Waals surface area contributed by atoms with Crippen molar-refractivity contribution in [1.82, 2.24) is 0 Å². The fraction of sp³-hybridized carbons (Fsp3) is 0.750. The Morgan fingerprint density at radius 3 is 2.17 bits per heavy atom. The molecule has 0 saturated carbocycles. The SMILES string of the molecule is CC(CCCC(CCCN=C=O)N=C=O)N=C=O. The summed E-state index contributed by atoms with van der Waals surface area (Å²) in [6, 6.07) is -0.153. The zero-order chi connectivity index (χ0) is 13.6. The van der Waals surface area contributed by atoms with Crippen molar-refractivity contribution in [1.29, 1.82) is 0 Å². The van der Waals surface area contributed by atoms with Crippen LogP contribution in [0.4, 0.5) is 0 Å². The van der Waals surface area contributed by atoms with Gasteiger partial charge in [-0.25, -0.2) is 29.4 Å². The Kier molecular flexibility index (Phi) is 10.4. The van der Waals surface area contributed by atoms with E-state index in [9.17, 15) is 14.4 Å². The second-order valence-corrected chi connectivity index (χ2v) is 3.99. The lowest BCUT2D eigenvalue weighted by atomic mass is 10.0.